The van der Waals surface area contributed by atoms with Crippen LogP contribution in [-0.4, -0.2) is 56.7 Å². The highest BCUT2D eigenvalue weighted by molar-refractivity contribution is 5.92. The minimum Gasteiger partial charge on any atom is -0.353 e. The van der Waals surface area contributed by atoms with Crippen molar-refractivity contribution in [3.63, 3.8) is 0 Å². The van der Waals surface area contributed by atoms with Gasteiger partial charge in [-0.05, 0) is 26.8 Å². The fourth-order valence-corrected chi connectivity index (χ4v) is 3.19. The number of aryl methyl sites for hydroxylation is 1. The van der Waals surface area contributed by atoms with E-state index in [0.29, 0.717) is 24.7 Å². The Balaban J connectivity index is 1.70. The quantitative estimate of drug-likeness (QED) is 0.842. The number of hydrogen-bond donors (Lipinski definition) is 0. The number of carbonyl (C=O) groups excluding carboxylic acids is 1. The molecule has 0 radical (unpaired) electrons. The van der Waals surface area contributed by atoms with Gasteiger partial charge in [-0.1, -0.05) is 13.8 Å². The molecule has 7 nitrogen and oxygen atoms in total. The second kappa shape index (κ2) is 7.43. The summed E-state index contributed by atoms with van der Waals surface area (Å²) in [4.78, 5) is 26.2. The van der Waals surface area contributed by atoms with Crippen LogP contribution in [0.2, 0.25) is 0 Å². The van der Waals surface area contributed by atoms with Crippen LogP contribution in [0.25, 0.3) is 0 Å². The van der Waals surface area contributed by atoms with Crippen LogP contribution >= 0.6 is 0 Å². The lowest BCUT2D eigenvalue weighted by Crippen LogP contribution is -2.49. The van der Waals surface area contributed by atoms with E-state index in [1.54, 1.807) is 16.9 Å². The molecule has 3 rings (SSSR count). The molecule has 1 aliphatic rings. The van der Waals surface area contributed by atoms with E-state index in [4.69, 9.17) is 4.98 Å². The van der Waals surface area contributed by atoms with Crippen molar-refractivity contribution in [3.05, 3.63) is 35.5 Å². The summed E-state index contributed by atoms with van der Waals surface area (Å²) in [5, 5.41) is 4.27. The van der Waals surface area contributed by atoms with Gasteiger partial charge in [-0.15, -0.1) is 0 Å². The SMILES string of the molecule is Cc1cc(N2CCN(C(=O)c3ccnn3C(C)C)CC2)nc(C(C)C)n1. The average molecular weight is 356 g/mol. The number of carbonyl (C=O) groups is 1. The molecule has 1 saturated heterocycles. The third-order valence-corrected chi connectivity index (χ3v) is 4.64. The lowest BCUT2D eigenvalue weighted by atomic mass is 10.2. The minimum absolute atomic E-state index is 0.0533. The van der Waals surface area contributed by atoms with Gasteiger partial charge in [0.25, 0.3) is 5.91 Å². The van der Waals surface area contributed by atoms with E-state index < -0.39 is 0 Å². The van der Waals surface area contributed by atoms with Crippen LogP contribution in [0.1, 0.15) is 61.7 Å². The van der Waals surface area contributed by atoms with Crippen molar-refractivity contribution in [2.45, 2.75) is 46.6 Å². The normalized spacial score (nSPS) is 15.2. The highest BCUT2D eigenvalue weighted by atomic mass is 16.2. The highest BCUT2D eigenvalue weighted by Crippen LogP contribution is 2.19. The lowest BCUT2D eigenvalue weighted by molar-refractivity contribution is 0.0732. The van der Waals surface area contributed by atoms with Crippen molar-refractivity contribution in [1.82, 2.24) is 24.6 Å². The van der Waals surface area contributed by atoms with Crippen LogP contribution in [0.3, 0.4) is 0 Å². The van der Waals surface area contributed by atoms with Crippen molar-refractivity contribution >= 4 is 11.7 Å². The van der Waals surface area contributed by atoms with Gasteiger partial charge in [-0.2, -0.15) is 5.10 Å². The Morgan fingerprint density at radius 3 is 2.38 bits per heavy atom. The van der Waals surface area contributed by atoms with Crippen molar-refractivity contribution in [1.29, 1.82) is 0 Å². The largest absolute Gasteiger partial charge is 0.353 e. The number of rotatable bonds is 4. The van der Waals surface area contributed by atoms with Crippen molar-refractivity contribution < 1.29 is 4.79 Å². The molecule has 2 aromatic heterocycles. The zero-order valence-electron chi connectivity index (χ0n) is 16.3. The van der Waals surface area contributed by atoms with Crippen molar-refractivity contribution in [2.24, 2.45) is 0 Å². The van der Waals surface area contributed by atoms with Crippen molar-refractivity contribution in [3.8, 4) is 0 Å². The molecular formula is C19H28N6O. The molecule has 2 aromatic rings. The van der Waals surface area contributed by atoms with E-state index in [1.807, 2.05) is 31.7 Å². The van der Waals surface area contributed by atoms with Crippen LogP contribution in [0.4, 0.5) is 5.82 Å². The van der Waals surface area contributed by atoms with E-state index in [-0.39, 0.29) is 11.9 Å². The number of nitrogens with zero attached hydrogens (tertiary/aromatic N) is 6. The van der Waals surface area contributed by atoms with Gasteiger partial charge in [-0.3, -0.25) is 9.48 Å². The molecule has 1 amide bonds. The molecule has 1 aliphatic heterocycles. The summed E-state index contributed by atoms with van der Waals surface area (Å²) in [5.41, 5.74) is 1.64. The summed E-state index contributed by atoms with van der Waals surface area (Å²) < 4.78 is 1.79. The zero-order chi connectivity index (χ0) is 18.8. The fraction of sp³-hybridized carbons (Fsp3) is 0.579. The first-order valence-corrected chi connectivity index (χ1v) is 9.30. The standard InChI is InChI=1S/C19H28N6O/c1-13(2)18-21-15(5)12-17(22-18)23-8-10-24(11-9-23)19(26)16-6-7-20-25(16)14(3)4/h6-7,12-14H,8-11H2,1-5H3. The van der Waals surface area contributed by atoms with Crippen molar-refractivity contribution in [2.75, 3.05) is 31.1 Å². The summed E-state index contributed by atoms with van der Waals surface area (Å²) in [6.07, 6.45) is 1.70. The Bertz CT molecular complexity index is 774. The minimum atomic E-state index is 0.0533. The molecule has 140 valence electrons. The molecule has 1 fully saturated rings. The Hall–Kier alpha value is -2.44. The molecule has 0 N–H and O–H groups in total. The van der Waals surface area contributed by atoms with Gasteiger partial charge in [0, 0.05) is 56.1 Å². The summed E-state index contributed by atoms with van der Waals surface area (Å²) >= 11 is 0. The van der Waals surface area contributed by atoms with Gasteiger partial charge in [-0.25, -0.2) is 9.97 Å². The van der Waals surface area contributed by atoms with E-state index in [9.17, 15) is 4.79 Å². The summed E-state index contributed by atoms with van der Waals surface area (Å²) in [7, 11) is 0. The smallest absolute Gasteiger partial charge is 0.272 e. The number of hydrogen-bond acceptors (Lipinski definition) is 5. The van der Waals surface area contributed by atoms with Crippen LogP contribution < -0.4 is 4.90 Å². The summed E-state index contributed by atoms with van der Waals surface area (Å²) in [6, 6.07) is 4.00. The molecule has 0 aliphatic carbocycles. The monoisotopic (exact) mass is 356 g/mol. The second-order valence-electron chi connectivity index (χ2n) is 7.41. The first-order chi connectivity index (χ1) is 12.4. The maximum absolute atomic E-state index is 12.8. The van der Waals surface area contributed by atoms with Crippen LogP contribution in [0.15, 0.2) is 18.3 Å². The van der Waals surface area contributed by atoms with Gasteiger partial charge in [0.2, 0.25) is 0 Å². The predicted octanol–water partition coefficient (Wildman–Crippen LogP) is 2.65. The Morgan fingerprint density at radius 2 is 1.77 bits per heavy atom. The average Bonchev–Trinajstić information content (AvgIpc) is 3.10. The van der Waals surface area contributed by atoms with Gasteiger partial charge in [0.15, 0.2) is 0 Å². The molecule has 0 aromatic carbocycles. The molecule has 0 bridgehead atoms. The van der Waals surface area contributed by atoms with E-state index >= 15 is 0 Å². The number of amides is 1. The third kappa shape index (κ3) is 3.71. The third-order valence-electron chi connectivity index (χ3n) is 4.64. The predicted molar refractivity (Wildman–Crippen MR) is 102 cm³/mol. The molecule has 3 heterocycles. The van der Waals surface area contributed by atoms with Gasteiger partial charge < -0.3 is 9.80 Å². The van der Waals surface area contributed by atoms with E-state index in [0.717, 1.165) is 30.4 Å². The zero-order valence-corrected chi connectivity index (χ0v) is 16.3. The molecule has 0 unspecified atom stereocenters. The van der Waals surface area contributed by atoms with Gasteiger partial charge >= 0.3 is 0 Å². The summed E-state index contributed by atoms with van der Waals surface area (Å²) in [5.74, 6) is 2.19. The summed E-state index contributed by atoms with van der Waals surface area (Å²) in [6.45, 7) is 13.2. The lowest BCUT2D eigenvalue weighted by Gasteiger charge is -2.35. The fourth-order valence-electron chi connectivity index (χ4n) is 3.19. The molecule has 7 heteroatoms. The van der Waals surface area contributed by atoms with Crippen LogP contribution in [-0.2, 0) is 0 Å². The maximum atomic E-state index is 12.8. The van der Waals surface area contributed by atoms with Gasteiger partial charge in [0.1, 0.15) is 17.3 Å². The first-order valence-electron chi connectivity index (χ1n) is 9.30. The molecular weight excluding hydrogens is 328 g/mol. The topological polar surface area (TPSA) is 67.2 Å². The van der Waals surface area contributed by atoms with Crippen LogP contribution in [0, 0.1) is 6.92 Å². The maximum Gasteiger partial charge on any atom is 0.272 e. The molecule has 0 atom stereocenters. The van der Waals surface area contributed by atoms with E-state index in [1.165, 1.54) is 0 Å². The van der Waals surface area contributed by atoms with E-state index in [2.05, 4.69) is 28.8 Å². The number of aromatic nitrogens is 4. The Labute approximate surface area is 155 Å². The molecule has 0 spiro atoms. The van der Waals surface area contributed by atoms with Gasteiger partial charge in [0.05, 0.1) is 0 Å². The molecule has 0 saturated carbocycles. The second-order valence-corrected chi connectivity index (χ2v) is 7.41. The number of anilines is 1. The molecule has 26 heavy (non-hydrogen) atoms. The first kappa shape index (κ1) is 18.4. The highest BCUT2D eigenvalue weighted by Gasteiger charge is 2.26. The Kier molecular flexibility index (Phi) is 5.25. The van der Waals surface area contributed by atoms with Crippen LogP contribution in [0.5, 0.6) is 0 Å². The Morgan fingerprint density at radius 1 is 1.08 bits per heavy atom. The number of piperazine rings is 1.